The molecule has 0 saturated carbocycles. The lowest BCUT2D eigenvalue weighted by Crippen LogP contribution is -2.42. The maximum Gasteiger partial charge on any atom is 0.238 e. The Labute approximate surface area is 126 Å². The number of nitrogen functional groups attached to an aromatic ring is 1. The molecule has 1 aliphatic heterocycles. The molecule has 110 valence electrons. The van der Waals surface area contributed by atoms with Crippen LogP contribution in [-0.4, -0.2) is 33.4 Å². The van der Waals surface area contributed by atoms with Crippen molar-refractivity contribution in [1.82, 2.24) is 4.90 Å². The number of benzene rings is 1. The second-order valence-corrected chi connectivity index (χ2v) is 7.19. The highest BCUT2D eigenvalue weighted by atomic mass is 35.5. The molecule has 2 unspecified atom stereocenters. The molecule has 6 heteroatoms. The average Bonchev–Trinajstić information content (AvgIpc) is 2.48. The third-order valence-electron chi connectivity index (χ3n) is 3.53. The number of anilines is 1. The first-order chi connectivity index (χ1) is 9.50. The lowest BCUT2D eigenvalue weighted by Gasteiger charge is -2.29. The van der Waals surface area contributed by atoms with E-state index in [2.05, 4.69) is 0 Å². The number of hydrogen-bond acceptors (Lipinski definition) is 3. The fraction of sp³-hybridized carbons (Fsp3) is 0.500. The first-order valence-corrected chi connectivity index (χ1v) is 8.34. The van der Waals surface area contributed by atoms with Gasteiger partial charge >= 0.3 is 0 Å². The van der Waals surface area contributed by atoms with E-state index < -0.39 is 16.0 Å². The molecule has 1 aromatic rings. The van der Waals surface area contributed by atoms with E-state index in [0.29, 0.717) is 15.6 Å². The normalized spacial score (nSPS) is 18.6. The van der Waals surface area contributed by atoms with Gasteiger partial charge in [0, 0.05) is 23.8 Å². The minimum Gasteiger partial charge on any atom is -0.398 e. The minimum atomic E-state index is -1.48. The molecule has 1 aromatic carbocycles. The molecule has 20 heavy (non-hydrogen) atoms. The van der Waals surface area contributed by atoms with Crippen molar-refractivity contribution in [3.05, 3.63) is 23.2 Å². The first-order valence-electron chi connectivity index (χ1n) is 6.75. The molecule has 0 spiro atoms. The van der Waals surface area contributed by atoms with Crippen molar-refractivity contribution >= 4 is 34.0 Å². The highest BCUT2D eigenvalue weighted by Gasteiger charge is 2.28. The van der Waals surface area contributed by atoms with Crippen LogP contribution in [0.2, 0.25) is 5.02 Å². The third-order valence-corrected chi connectivity index (χ3v) is 5.39. The van der Waals surface area contributed by atoms with Crippen molar-refractivity contribution in [3.63, 3.8) is 0 Å². The predicted octanol–water partition coefficient (Wildman–Crippen LogP) is 2.43. The number of nitrogens with zero attached hydrogens (tertiary/aromatic N) is 1. The van der Waals surface area contributed by atoms with Gasteiger partial charge in [0.2, 0.25) is 5.91 Å². The van der Waals surface area contributed by atoms with E-state index in [-0.39, 0.29) is 5.91 Å². The highest BCUT2D eigenvalue weighted by Crippen LogP contribution is 2.24. The van der Waals surface area contributed by atoms with Crippen LogP contribution in [0.3, 0.4) is 0 Å². The number of carbonyl (C=O) groups is 1. The molecule has 4 nitrogen and oxygen atoms in total. The molecule has 1 heterocycles. The smallest absolute Gasteiger partial charge is 0.238 e. The van der Waals surface area contributed by atoms with Gasteiger partial charge in [0.05, 0.1) is 15.7 Å². The second-order valence-electron chi connectivity index (χ2n) is 5.01. The second kappa shape index (κ2) is 6.59. The van der Waals surface area contributed by atoms with E-state index >= 15 is 0 Å². The molecule has 0 radical (unpaired) electrons. The van der Waals surface area contributed by atoms with Crippen LogP contribution in [0.1, 0.15) is 26.2 Å². The maximum absolute atomic E-state index is 12.5. The summed E-state index contributed by atoms with van der Waals surface area (Å²) in [6, 6.07) is 4.84. The van der Waals surface area contributed by atoms with Gasteiger partial charge in [-0.25, -0.2) is 0 Å². The molecule has 1 saturated heterocycles. The van der Waals surface area contributed by atoms with Gasteiger partial charge in [0.1, 0.15) is 5.25 Å². The summed E-state index contributed by atoms with van der Waals surface area (Å²) in [5.41, 5.74) is 6.24. The number of nitrogens with two attached hydrogens (primary N) is 1. The molecule has 2 N–H and O–H groups in total. The van der Waals surface area contributed by atoms with E-state index in [1.165, 1.54) is 0 Å². The van der Waals surface area contributed by atoms with Crippen LogP contribution in [0.15, 0.2) is 23.1 Å². The number of amides is 1. The van der Waals surface area contributed by atoms with Crippen molar-refractivity contribution in [1.29, 1.82) is 0 Å². The van der Waals surface area contributed by atoms with E-state index in [1.54, 1.807) is 30.0 Å². The standard InChI is InChI=1S/C14H19ClN2O2S/c1-10(14(18)17-7-3-2-4-8-17)20(19)13-9-11(15)5-6-12(13)16/h5-6,9-10H,2-4,7-8,16H2,1H3. The summed E-state index contributed by atoms with van der Waals surface area (Å²) in [5.74, 6) is -0.0672. The molecule has 0 aliphatic carbocycles. The number of halogens is 1. The first kappa shape index (κ1) is 15.3. The van der Waals surface area contributed by atoms with Crippen molar-refractivity contribution in [2.24, 2.45) is 0 Å². The number of carbonyl (C=O) groups excluding carboxylic acids is 1. The highest BCUT2D eigenvalue weighted by molar-refractivity contribution is 7.86. The molecular formula is C14H19ClN2O2S. The SMILES string of the molecule is CC(C(=O)N1CCCCC1)S(=O)c1cc(Cl)ccc1N. The molecule has 1 fully saturated rings. The predicted molar refractivity (Wildman–Crippen MR) is 82.2 cm³/mol. The van der Waals surface area contributed by atoms with Gasteiger partial charge in [-0.2, -0.15) is 0 Å². The van der Waals surface area contributed by atoms with Gasteiger partial charge in [0.25, 0.3) is 0 Å². The molecule has 2 atom stereocenters. The Balaban J connectivity index is 2.15. The Bertz CT molecular complexity index is 530. The molecular weight excluding hydrogens is 296 g/mol. The van der Waals surface area contributed by atoms with Gasteiger partial charge < -0.3 is 10.6 Å². The van der Waals surface area contributed by atoms with Gasteiger partial charge in [-0.1, -0.05) is 11.6 Å². The zero-order valence-electron chi connectivity index (χ0n) is 11.5. The summed E-state index contributed by atoms with van der Waals surface area (Å²) in [7, 11) is -1.48. The third kappa shape index (κ3) is 3.33. The summed E-state index contributed by atoms with van der Waals surface area (Å²) >= 11 is 5.91. The lowest BCUT2D eigenvalue weighted by atomic mass is 10.1. The lowest BCUT2D eigenvalue weighted by molar-refractivity contribution is -0.131. The minimum absolute atomic E-state index is 0.0672. The van der Waals surface area contributed by atoms with Crippen LogP contribution in [-0.2, 0) is 15.6 Å². The fourth-order valence-corrected chi connectivity index (χ4v) is 3.83. The van der Waals surface area contributed by atoms with Crippen LogP contribution < -0.4 is 5.73 Å². The van der Waals surface area contributed by atoms with Crippen LogP contribution in [0.4, 0.5) is 5.69 Å². The maximum atomic E-state index is 12.5. The van der Waals surface area contributed by atoms with Gasteiger partial charge in [-0.05, 0) is 44.4 Å². The number of piperidine rings is 1. The van der Waals surface area contributed by atoms with Crippen molar-refractivity contribution in [3.8, 4) is 0 Å². The monoisotopic (exact) mass is 314 g/mol. The molecule has 0 bridgehead atoms. The van der Waals surface area contributed by atoms with Crippen molar-refractivity contribution in [2.45, 2.75) is 36.3 Å². The van der Waals surface area contributed by atoms with Crippen LogP contribution >= 0.6 is 11.6 Å². The Kier molecular flexibility index (Phi) is 5.05. The Hall–Kier alpha value is -1.07. The fourth-order valence-electron chi connectivity index (χ4n) is 2.34. The topological polar surface area (TPSA) is 63.4 Å². The molecule has 2 rings (SSSR count). The van der Waals surface area contributed by atoms with E-state index in [1.807, 2.05) is 0 Å². The summed E-state index contributed by atoms with van der Waals surface area (Å²) in [6.45, 7) is 3.20. The summed E-state index contributed by atoms with van der Waals surface area (Å²) < 4.78 is 12.5. The van der Waals surface area contributed by atoms with Gasteiger partial charge in [-0.3, -0.25) is 9.00 Å². The quantitative estimate of drug-likeness (QED) is 0.872. The average molecular weight is 315 g/mol. The van der Waals surface area contributed by atoms with Crippen LogP contribution in [0.5, 0.6) is 0 Å². The molecule has 1 aliphatic rings. The largest absolute Gasteiger partial charge is 0.398 e. The Morgan fingerprint density at radius 2 is 2.00 bits per heavy atom. The van der Waals surface area contributed by atoms with E-state index in [4.69, 9.17) is 17.3 Å². The van der Waals surface area contributed by atoms with Gasteiger partial charge in [-0.15, -0.1) is 0 Å². The van der Waals surface area contributed by atoms with Crippen LogP contribution in [0.25, 0.3) is 0 Å². The molecule has 1 amide bonds. The Morgan fingerprint density at radius 3 is 2.65 bits per heavy atom. The van der Waals surface area contributed by atoms with Gasteiger partial charge in [0.15, 0.2) is 0 Å². The Morgan fingerprint density at radius 1 is 1.35 bits per heavy atom. The van der Waals surface area contributed by atoms with Crippen LogP contribution in [0, 0.1) is 0 Å². The summed E-state index contributed by atoms with van der Waals surface area (Å²) in [6.07, 6.45) is 3.19. The van der Waals surface area contributed by atoms with Crippen molar-refractivity contribution < 1.29 is 9.00 Å². The zero-order chi connectivity index (χ0) is 14.7. The number of likely N-dealkylation sites (tertiary alicyclic amines) is 1. The van der Waals surface area contributed by atoms with E-state index in [9.17, 15) is 9.00 Å². The summed E-state index contributed by atoms with van der Waals surface area (Å²) in [5, 5.41) is -0.131. The van der Waals surface area contributed by atoms with Crippen molar-refractivity contribution in [2.75, 3.05) is 18.8 Å². The zero-order valence-corrected chi connectivity index (χ0v) is 13.0. The molecule has 0 aromatic heterocycles. The summed E-state index contributed by atoms with van der Waals surface area (Å²) in [4.78, 5) is 14.6. The van der Waals surface area contributed by atoms with E-state index in [0.717, 1.165) is 32.4 Å². The number of rotatable bonds is 3. The number of hydrogen-bond donors (Lipinski definition) is 1.